The monoisotopic (exact) mass is 390 g/mol. The normalized spacial score (nSPS) is 11.6. The van der Waals surface area contributed by atoms with E-state index in [-0.39, 0.29) is 23.1 Å². The summed E-state index contributed by atoms with van der Waals surface area (Å²) in [5.41, 5.74) is 1.78. The van der Waals surface area contributed by atoms with Crippen molar-refractivity contribution in [1.82, 2.24) is 9.97 Å². The molecule has 7 nitrogen and oxygen atoms in total. The van der Waals surface area contributed by atoms with Crippen molar-refractivity contribution < 1.29 is 13.2 Å². The summed E-state index contributed by atoms with van der Waals surface area (Å²) in [7, 11) is -3.76. The van der Waals surface area contributed by atoms with Crippen molar-refractivity contribution in [1.29, 1.82) is 0 Å². The second-order valence-corrected chi connectivity index (χ2v) is 8.34. The predicted molar refractivity (Wildman–Crippen MR) is 105 cm³/mol. The van der Waals surface area contributed by atoms with Crippen molar-refractivity contribution in [2.45, 2.75) is 51.5 Å². The van der Waals surface area contributed by atoms with Gasteiger partial charge < -0.3 is 4.90 Å². The molecule has 2 aromatic rings. The molecule has 27 heavy (non-hydrogen) atoms. The van der Waals surface area contributed by atoms with Gasteiger partial charge in [0.1, 0.15) is 17.8 Å². The molecule has 0 unspecified atom stereocenters. The molecule has 0 saturated carbocycles. The number of sulfonamides is 1. The van der Waals surface area contributed by atoms with E-state index < -0.39 is 10.0 Å². The van der Waals surface area contributed by atoms with Crippen LogP contribution in [-0.4, -0.2) is 36.8 Å². The highest BCUT2D eigenvalue weighted by molar-refractivity contribution is 7.89. The van der Waals surface area contributed by atoms with Crippen molar-refractivity contribution in [3.05, 3.63) is 47.4 Å². The highest BCUT2D eigenvalue weighted by Gasteiger charge is 2.17. The summed E-state index contributed by atoms with van der Waals surface area (Å²) >= 11 is 0. The van der Waals surface area contributed by atoms with Gasteiger partial charge in [0, 0.05) is 25.1 Å². The number of anilines is 1. The van der Waals surface area contributed by atoms with Crippen molar-refractivity contribution >= 4 is 21.6 Å². The number of rotatable bonds is 8. The molecule has 8 heteroatoms. The maximum absolute atomic E-state index is 12.7. The Kier molecular flexibility index (Phi) is 6.67. The highest BCUT2D eigenvalue weighted by Crippen LogP contribution is 2.19. The van der Waals surface area contributed by atoms with Crippen LogP contribution in [-0.2, 0) is 16.4 Å². The molecule has 0 fully saturated rings. The summed E-state index contributed by atoms with van der Waals surface area (Å²) in [6.45, 7) is 8.85. The van der Waals surface area contributed by atoms with E-state index in [0.717, 1.165) is 24.3 Å². The van der Waals surface area contributed by atoms with E-state index in [1.54, 1.807) is 19.1 Å². The van der Waals surface area contributed by atoms with Gasteiger partial charge in [-0.05, 0) is 50.5 Å². The maximum Gasteiger partial charge on any atom is 0.238 e. The zero-order chi connectivity index (χ0) is 20.2. The van der Waals surface area contributed by atoms with E-state index in [0.29, 0.717) is 11.3 Å². The number of carbonyl (C=O) groups is 1. The molecule has 1 aromatic heterocycles. The molecule has 0 atom stereocenters. The Labute approximate surface area is 160 Å². The maximum atomic E-state index is 12.7. The molecule has 2 rings (SSSR count). The standard InChI is InChI=1S/C19H26N4O3S/c1-5-8-23(13(2)3)19-11-17(21-12-22-19)18(24)10-15-6-7-16(9-14(15)4)27(20,25)26/h6-7,9,11-13H,5,8,10H2,1-4H3,(H2,20,25,26). The molecule has 0 saturated heterocycles. The molecule has 0 amide bonds. The van der Waals surface area contributed by atoms with E-state index in [4.69, 9.17) is 5.14 Å². The molecule has 0 aliphatic rings. The minimum Gasteiger partial charge on any atom is -0.354 e. The summed E-state index contributed by atoms with van der Waals surface area (Å²) in [4.78, 5) is 23.3. The second-order valence-electron chi connectivity index (χ2n) is 6.78. The average molecular weight is 391 g/mol. The molecule has 0 bridgehead atoms. The van der Waals surface area contributed by atoms with Crippen molar-refractivity contribution in [3.63, 3.8) is 0 Å². The molecular weight excluding hydrogens is 364 g/mol. The zero-order valence-electron chi connectivity index (χ0n) is 16.1. The van der Waals surface area contributed by atoms with Gasteiger partial charge in [0.2, 0.25) is 10.0 Å². The quantitative estimate of drug-likeness (QED) is 0.694. The molecular formula is C19H26N4O3S. The molecule has 146 valence electrons. The van der Waals surface area contributed by atoms with E-state index in [1.807, 2.05) is 0 Å². The summed E-state index contributed by atoms with van der Waals surface area (Å²) < 4.78 is 22.9. The lowest BCUT2D eigenvalue weighted by molar-refractivity contribution is 0.0988. The number of primary sulfonamides is 1. The smallest absolute Gasteiger partial charge is 0.238 e. The lowest BCUT2D eigenvalue weighted by Gasteiger charge is -2.27. The number of nitrogens with two attached hydrogens (primary N) is 1. The third-order valence-corrected chi connectivity index (χ3v) is 5.23. The van der Waals surface area contributed by atoms with Crippen LogP contribution in [0.1, 0.15) is 48.8 Å². The number of ketones is 1. The fourth-order valence-electron chi connectivity index (χ4n) is 2.84. The van der Waals surface area contributed by atoms with Gasteiger partial charge in [-0.15, -0.1) is 0 Å². The molecule has 0 aliphatic carbocycles. The van der Waals surface area contributed by atoms with Gasteiger partial charge >= 0.3 is 0 Å². The summed E-state index contributed by atoms with van der Waals surface area (Å²) in [6, 6.07) is 6.48. The Balaban J connectivity index is 2.25. The van der Waals surface area contributed by atoms with Gasteiger partial charge in [-0.3, -0.25) is 4.79 Å². The van der Waals surface area contributed by atoms with Crippen LogP contribution < -0.4 is 10.0 Å². The van der Waals surface area contributed by atoms with Crippen LogP contribution in [0.25, 0.3) is 0 Å². The van der Waals surface area contributed by atoms with Crippen LogP contribution in [0.2, 0.25) is 0 Å². The number of hydrogen-bond acceptors (Lipinski definition) is 6. The summed E-state index contributed by atoms with van der Waals surface area (Å²) in [5, 5.41) is 5.15. The zero-order valence-corrected chi connectivity index (χ0v) is 17.0. The number of carbonyl (C=O) groups excluding carboxylic acids is 1. The average Bonchev–Trinajstić information content (AvgIpc) is 2.60. The first-order chi connectivity index (χ1) is 12.6. The number of aromatic nitrogens is 2. The van der Waals surface area contributed by atoms with E-state index in [1.165, 1.54) is 18.5 Å². The van der Waals surface area contributed by atoms with Crippen LogP contribution in [0.5, 0.6) is 0 Å². The van der Waals surface area contributed by atoms with Crippen molar-refractivity contribution in [3.8, 4) is 0 Å². The highest BCUT2D eigenvalue weighted by atomic mass is 32.2. The minimum atomic E-state index is -3.76. The van der Waals surface area contributed by atoms with Gasteiger partial charge in [0.25, 0.3) is 0 Å². The number of Topliss-reactive ketones (excluding diaryl/α,β-unsaturated/α-hetero) is 1. The van der Waals surface area contributed by atoms with E-state index in [9.17, 15) is 13.2 Å². The largest absolute Gasteiger partial charge is 0.354 e. The van der Waals surface area contributed by atoms with Crippen LogP contribution in [0, 0.1) is 6.92 Å². The third kappa shape index (κ3) is 5.33. The molecule has 2 N–H and O–H groups in total. The molecule has 1 aromatic carbocycles. The first kappa shape index (κ1) is 21.0. The lowest BCUT2D eigenvalue weighted by atomic mass is 10.0. The number of nitrogens with zero attached hydrogens (tertiary/aromatic N) is 3. The number of benzene rings is 1. The number of hydrogen-bond donors (Lipinski definition) is 1. The van der Waals surface area contributed by atoms with Crippen LogP contribution in [0.15, 0.2) is 35.5 Å². The molecule has 0 radical (unpaired) electrons. The molecule has 1 heterocycles. The Bertz CT molecular complexity index is 926. The van der Waals surface area contributed by atoms with E-state index in [2.05, 4.69) is 35.6 Å². The van der Waals surface area contributed by atoms with Crippen LogP contribution in [0.4, 0.5) is 5.82 Å². The van der Waals surface area contributed by atoms with Gasteiger partial charge in [-0.25, -0.2) is 23.5 Å². The van der Waals surface area contributed by atoms with Crippen LogP contribution in [0.3, 0.4) is 0 Å². The van der Waals surface area contributed by atoms with Gasteiger partial charge in [-0.1, -0.05) is 13.0 Å². The second kappa shape index (κ2) is 8.58. The minimum absolute atomic E-state index is 0.0349. The molecule has 0 aliphatic heterocycles. The molecule has 0 spiro atoms. The SMILES string of the molecule is CCCN(c1cc(C(=O)Cc2ccc(S(N)(=O)=O)cc2C)ncn1)C(C)C. The Morgan fingerprint density at radius 1 is 1.22 bits per heavy atom. The van der Waals surface area contributed by atoms with Gasteiger partial charge in [0.05, 0.1) is 4.90 Å². The van der Waals surface area contributed by atoms with Gasteiger partial charge in [-0.2, -0.15) is 0 Å². The first-order valence-corrected chi connectivity index (χ1v) is 10.4. The third-order valence-electron chi connectivity index (χ3n) is 4.31. The van der Waals surface area contributed by atoms with Crippen molar-refractivity contribution in [2.24, 2.45) is 5.14 Å². The topological polar surface area (TPSA) is 106 Å². The van der Waals surface area contributed by atoms with Crippen LogP contribution >= 0.6 is 0 Å². The fraction of sp³-hybridized carbons (Fsp3) is 0.421. The Hall–Kier alpha value is -2.32. The summed E-state index contributed by atoms with van der Waals surface area (Å²) in [6.07, 6.45) is 2.51. The fourth-order valence-corrected chi connectivity index (χ4v) is 3.44. The Morgan fingerprint density at radius 3 is 2.48 bits per heavy atom. The first-order valence-electron chi connectivity index (χ1n) is 8.87. The number of aryl methyl sites for hydroxylation is 1. The predicted octanol–water partition coefficient (Wildman–Crippen LogP) is 2.48. The van der Waals surface area contributed by atoms with E-state index >= 15 is 0 Å². The summed E-state index contributed by atoms with van der Waals surface area (Å²) in [5.74, 6) is 0.580. The van der Waals surface area contributed by atoms with Crippen molar-refractivity contribution in [2.75, 3.05) is 11.4 Å². The van der Waals surface area contributed by atoms with Gasteiger partial charge in [0.15, 0.2) is 5.78 Å². The lowest BCUT2D eigenvalue weighted by Crippen LogP contribution is -2.32. The Morgan fingerprint density at radius 2 is 1.93 bits per heavy atom.